The van der Waals surface area contributed by atoms with Gasteiger partial charge in [0, 0.05) is 17.8 Å². The van der Waals surface area contributed by atoms with E-state index in [9.17, 15) is 14.4 Å². The molecule has 21 heavy (non-hydrogen) atoms. The number of amides is 2. The molecule has 7 heteroatoms. The first-order valence-corrected chi connectivity index (χ1v) is 6.29. The van der Waals surface area contributed by atoms with Gasteiger partial charge in [0.2, 0.25) is 5.91 Å². The van der Waals surface area contributed by atoms with Gasteiger partial charge < -0.3 is 16.2 Å². The minimum Gasteiger partial charge on any atom is -0.478 e. The van der Waals surface area contributed by atoms with Crippen molar-refractivity contribution < 1.29 is 19.5 Å². The highest BCUT2D eigenvalue weighted by Crippen LogP contribution is 2.09. The van der Waals surface area contributed by atoms with Crippen molar-refractivity contribution in [1.82, 2.24) is 10.3 Å². The summed E-state index contributed by atoms with van der Waals surface area (Å²) < 4.78 is 0. The highest BCUT2D eigenvalue weighted by molar-refractivity contribution is 5.99. The van der Waals surface area contributed by atoms with Gasteiger partial charge >= 0.3 is 5.97 Å². The molecule has 1 atom stereocenters. The number of carbonyl (C=O) groups is 3. The van der Waals surface area contributed by atoms with Gasteiger partial charge in [-0.1, -0.05) is 19.9 Å². The van der Waals surface area contributed by atoms with Crippen LogP contribution >= 0.6 is 0 Å². The normalized spacial score (nSPS) is 12.3. The van der Waals surface area contributed by atoms with Crippen LogP contribution in [0.2, 0.25) is 0 Å². The number of pyridine rings is 1. The molecular weight excluding hydrogens is 274 g/mol. The molecule has 0 bridgehead atoms. The Balaban J connectivity index is 3.02. The smallest absolute Gasteiger partial charge is 0.328 e. The van der Waals surface area contributed by atoms with Crippen LogP contribution in [0.1, 0.15) is 29.9 Å². The molecule has 112 valence electrons. The third kappa shape index (κ3) is 4.72. The second-order valence-electron chi connectivity index (χ2n) is 4.71. The standard InChI is InChI=1S/C14H17N3O4/c1-8(2)11(13(15)20)17-14(21)12-9(4-3-7-16-12)5-6-10(18)19/h3-8,11H,1-2H3,(H2,15,20)(H,17,21)(H,18,19)/b6-5+. The number of nitrogens with two attached hydrogens (primary N) is 1. The summed E-state index contributed by atoms with van der Waals surface area (Å²) in [6.45, 7) is 3.50. The highest BCUT2D eigenvalue weighted by atomic mass is 16.4. The molecule has 7 nitrogen and oxygen atoms in total. The van der Waals surface area contributed by atoms with Crippen molar-refractivity contribution in [3.63, 3.8) is 0 Å². The van der Waals surface area contributed by atoms with Crippen molar-refractivity contribution in [2.45, 2.75) is 19.9 Å². The average molecular weight is 291 g/mol. The Morgan fingerprint density at radius 3 is 2.57 bits per heavy atom. The SMILES string of the molecule is CC(C)C(NC(=O)c1ncccc1/C=C/C(=O)O)C(N)=O. The van der Waals surface area contributed by atoms with Crippen LogP contribution in [0.5, 0.6) is 0 Å². The molecule has 0 fully saturated rings. The van der Waals surface area contributed by atoms with Gasteiger partial charge in [-0.3, -0.25) is 14.6 Å². The van der Waals surface area contributed by atoms with Crippen molar-refractivity contribution in [2.24, 2.45) is 11.7 Å². The van der Waals surface area contributed by atoms with Gasteiger partial charge in [-0.25, -0.2) is 4.79 Å². The van der Waals surface area contributed by atoms with Crippen LogP contribution in [-0.4, -0.2) is 33.9 Å². The fourth-order valence-corrected chi connectivity index (χ4v) is 1.68. The fraction of sp³-hybridized carbons (Fsp3) is 0.286. The Morgan fingerprint density at radius 2 is 2.05 bits per heavy atom. The highest BCUT2D eigenvalue weighted by Gasteiger charge is 2.23. The van der Waals surface area contributed by atoms with Crippen molar-refractivity contribution in [3.8, 4) is 0 Å². The van der Waals surface area contributed by atoms with E-state index in [0.29, 0.717) is 5.56 Å². The van der Waals surface area contributed by atoms with Gasteiger partial charge in [0.1, 0.15) is 11.7 Å². The van der Waals surface area contributed by atoms with Crippen LogP contribution < -0.4 is 11.1 Å². The number of carboxylic acid groups (broad SMARTS) is 1. The average Bonchev–Trinajstić information content (AvgIpc) is 2.41. The largest absolute Gasteiger partial charge is 0.478 e. The first kappa shape index (κ1) is 16.4. The van der Waals surface area contributed by atoms with E-state index in [0.717, 1.165) is 6.08 Å². The summed E-state index contributed by atoms with van der Waals surface area (Å²) in [7, 11) is 0. The lowest BCUT2D eigenvalue weighted by molar-refractivity contribution is -0.131. The van der Waals surface area contributed by atoms with Crippen molar-refractivity contribution in [3.05, 3.63) is 35.7 Å². The third-order valence-corrected chi connectivity index (χ3v) is 2.72. The Bertz CT molecular complexity index is 581. The maximum absolute atomic E-state index is 12.2. The molecule has 0 aliphatic rings. The van der Waals surface area contributed by atoms with E-state index in [1.807, 2.05) is 0 Å². The molecule has 0 spiro atoms. The van der Waals surface area contributed by atoms with E-state index in [1.54, 1.807) is 26.0 Å². The Hall–Kier alpha value is -2.70. The first-order valence-electron chi connectivity index (χ1n) is 6.29. The number of carboxylic acids is 1. The quantitative estimate of drug-likeness (QED) is 0.655. The molecule has 0 saturated heterocycles. The number of primary amides is 1. The molecule has 1 aromatic heterocycles. The molecule has 1 heterocycles. The van der Waals surface area contributed by atoms with E-state index >= 15 is 0 Å². The monoisotopic (exact) mass is 291 g/mol. The molecule has 0 aromatic carbocycles. The van der Waals surface area contributed by atoms with Crippen LogP contribution in [-0.2, 0) is 9.59 Å². The van der Waals surface area contributed by atoms with Crippen LogP contribution in [0.15, 0.2) is 24.4 Å². The first-order chi connectivity index (χ1) is 9.82. The van der Waals surface area contributed by atoms with Crippen molar-refractivity contribution in [1.29, 1.82) is 0 Å². The zero-order valence-corrected chi connectivity index (χ0v) is 11.7. The van der Waals surface area contributed by atoms with Gasteiger partial charge in [-0.05, 0) is 18.1 Å². The molecule has 0 aliphatic heterocycles. The van der Waals surface area contributed by atoms with E-state index in [1.165, 1.54) is 12.3 Å². The van der Waals surface area contributed by atoms with Crippen LogP contribution in [0.25, 0.3) is 6.08 Å². The third-order valence-electron chi connectivity index (χ3n) is 2.72. The van der Waals surface area contributed by atoms with Gasteiger partial charge in [-0.15, -0.1) is 0 Å². The second-order valence-corrected chi connectivity index (χ2v) is 4.71. The number of rotatable bonds is 6. The molecule has 0 saturated carbocycles. The molecule has 0 aliphatic carbocycles. The number of carbonyl (C=O) groups excluding carboxylic acids is 2. The van der Waals surface area contributed by atoms with E-state index in [2.05, 4.69) is 10.3 Å². The van der Waals surface area contributed by atoms with Crippen LogP contribution in [0.4, 0.5) is 0 Å². The lowest BCUT2D eigenvalue weighted by Gasteiger charge is -2.19. The summed E-state index contributed by atoms with van der Waals surface area (Å²) in [4.78, 5) is 37.9. The molecule has 1 aromatic rings. The maximum Gasteiger partial charge on any atom is 0.328 e. The number of nitrogens with zero attached hydrogens (tertiary/aromatic N) is 1. The molecular formula is C14H17N3O4. The summed E-state index contributed by atoms with van der Waals surface area (Å²) >= 11 is 0. The van der Waals surface area contributed by atoms with Gasteiger partial charge in [0.25, 0.3) is 5.91 Å². The van der Waals surface area contributed by atoms with Crippen LogP contribution in [0.3, 0.4) is 0 Å². The minimum absolute atomic E-state index is 0.0295. The zero-order valence-electron chi connectivity index (χ0n) is 11.7. The topological polar surface area (TPSA) is 122 Å². The zero-order chi connectivity index (χ0) is 16.0. The van der Waals surface area contributed by atoms with E-state index in [4.69, 9.17) is 10.8 Å². The lowest BCUT2D eigenvalue weighted by atomic mass is 10.0. The summed E-state index contributed by atoms with van der Waals surface area (Å²) in [6.07, 6.45) is 3.57. The van der Waals surface area contributed by atoms with E-state index in [-0.39, 0.29) is 11.6 Å². The number of nitrogens with one attached hydrogen (secondary N) is 1. The molecule has 4 N–H and O–H groups in total. The molecule has 1 rings (SSSR count). The van der Waals surface area contributed by atoms with Gasteiger partial charge in [-0.2, -0.15) is 0 Å². The molecule has 2 amide bonds. The summed E-state index contributed by atoms with van der Waals surface area (Å²) in [5, 5.41) is 11.1. The van der Waals surface area contributed by atoms with Gasteiger partial charge in [0.15, 0.2) is 0 Å². The number of aliphatic carboxylic acids is 1. The number of hydrogen-bond donors (Lipinski definition) is 3. The predicted molar refractivity (Wildman–Crippen MR) is 76.2 cm³/mol. The van der Waals surface area contributed by atoms with Crippen molar-refractivity contribution in [2.75, 3.05) is 0 Å². The van der Waals surface area contributed by atoms with E-state index < -0.39 is 23.8 Å². The lowest BCUT2D eigenvalue weighted by Crippen LogP contribution is -2.48. The number of hydrogen-bond acceptors (Lipinski definition) is 4. The predicted octanol–water partition coefficient (Wildman–Crippen LogP) is 0.419. The fourth-order valence-electron chi connectivity index (χ4n) is 1.68. The summed E-state index contributed by atoms with van der Waals surface area (Å²) in [6, 6.07) is 2.30. The Kier molecular flexibility index (Phi) is 5.59. The minimum atomic E-state index is -1.14. The summed E-state index contributed by atoms with van der Waals surface area (Å²) in [5.74, 6) is -2.54. The maximum atomic E-state index is 12.2. The Labute approximate surface area is 121 Å². The molecule has 1 unspecified atom stereocenters. The van der Waals surface area contributed by atoms with Crippen LogP contribution in [0, 0.1) is 5.92 Å². The van der Waals surface area contributed by atoms with Gasteiger partial charge in [0.05, 0.1) is 0 Å². The Morgan fingerprint density at radius 1 is 1.38 bits per heavy atom. The number of aromatic nitrogens is 1. The molecule has 0 radical (unpaired) electrons. The van der Waals surface area contributed by atoms with Crippen molar-refractivity contribution >= 4 is 23.9 Å². The second kappa shape index (κ2) is 7.18. The summed E-state index contributed by atoms with van der Waals surface area (Å²) in [5.41, 5.74) is 5.60.